The summed E-state index contributed by atoms with van der Waals surface area (Å²) in [7, 11) is -4.07. The van der Waals surface area contributed by atoms with E-state index < -0.39 is 114 Å². The zero-order valence-corrected chi connectivity index (χ0v) is 37.5. The lowest BCUT2D eigenvalue weighted by Gasteiger charge is -2.39. The predicted molar refractivity (Wildman–Crippen MR) is 231 cm³/mol. The summed E-state index contributed by atoms with van der Waals surface area (Å²) in [4.78, 5) is 20.2. The number of aromatic nitrogens is 6. The number of aliphatic hydroxyl groups is 1. The summed E-state index contributed by atoms with van der Waals surface area (Å²) in [6.45, 7) is -3.68. The van der Waals surface area contributed by atoms with Crippen LogP contribution in [0.4, 0.5) is 65.5 Å². The molecule has 0 radical (unpaired) electrons. The third-order valence-electron chi connectivity index (χ3n) is 12.0. The summed E-state index contributed by atoms with van der Waals surface area (Å²) in [5, 5.41) is 27.0. The number of anilines is 2. The number of amides is 1. The average molecular weight is 1030 g/mol. The highest BCUT2D eigenvalue weighted by Gasteiger charge is 2.67. The van der Waals surface area contributed by atoms with Crippen LogP contribution in [-0.4, -0.2) is 85.9 Å². The molecule has 6 aromatic rings. The number of rotatable bonds is 17. The zero-order chi connectivity index (χ0) is 50.4. The maximum absolute atomic E-state index is 15.6. The van der Waals surface area contributed by atoms with Gasteiger partial charge in [-0.2, -0.15) is 32.9 Å². The maximum atomic E-state index is 15.6. The van der Waals surface area contributed by atoms with E-state index in [2.05, 4.69) is 25.3 Å². The van der Waals surface area contributed by atoms with Crippen molar-refractivity contribution in [3.05, 3.63) is 106 Å². The van der Waals surface area contributed by atoms with Crippen molar-refractivity contribution in [3.63, 3.8) is 0 Å². The SMILES string of the molecule is CS(=O)(=O)Nc1nn(CCCF)c2c(N3C([C@H](Cc4cc(F)cc(F)c4)NC(=O)Cn4nc(C(F)F)c5c4C(F)(F)[C@@H]4C[C@H]54)=Nc4cc(-c5ccn(CC(F)(F)C(F)F)n5)ccc4C3O)ccc(Cl)c12. The highest BCUT2D eigenvalue weighted by atomic mass is 35.5. The molecule has 3 N–H and O–H groups in total. The molecule has 14 nitrogen and oxygen atoms in total. The van der Waals surface area contributed by atoms with Crippen LogP contribution in [0.25, 0.3) is 22.2 Å². The van der Waals surface area contributed by atoms with E-state index in [4.69, 9.17) is 16.6 Å². The predicted octanol–water partition coefficient (Wildman–Crippen LogP) is 8.77. The Morgan fingerprint density at radius 1 is 1.00 bits per heavy atom. The number of amidine groups is 1. The summed E-state index contributed by atoms with van der Waals surface area (Å²) < 4.78 is 187. The lowest BCUT2D eigenvalue weighted by atomic mass is 9.98. The Balaban J connectivity index is 1.22. The van der Waals surface area contributed by atoms with Gasteiger partial charge in [-0.25, -0.2) is 39.8 Å². The van der Waals surface area contributed by atoms with Crippen LogP contribution in [0.3, 0.4) is 0 Å². The van der Waals surface area contributed by atoms with Crippen molar-refractivity contribution in [2.24, 2.45) is 10.9 Å². The first-order valence-corrected chi connectivity index (χ1v) is 23.4. The molecular weight excluding hydrogens is 997 g/mol. The van der Waals surface area contributed by atoms with Gasteiger partial charge in [0.25, 0.3) is 12.3 Å². The molecule has 1 saturated carbocycles. The second-order valence-corrected chi connectivity index (χ2v) is 19.2. The Bertz CT molecular complexity index is 3180. The molecule has 3 aliphatic rings. The fourth-order valence-electron chi connectivity index (χ4n) is 9.05. The lowest BCUT2D eigenvalue weighted by Crippen LogP contribution is -2.53. The Labute approximate surface area is 393 Å². The number of benzene rings is 3. The van der Waals surface area contributed by atoms with E-state index in [-0.39, 0.29) is 86.3 Å². The fourth-order valence-corrected chi connectivity index (χ4v) is 9.79. The standard InChI is InChI=1S/C43H36ClF11N10O4S/c1-70(68,69)61-38-33-26(44)5-6-30(35(33)63(60-38)9-2-8-45)65-39(57-28-14-20(3-4-23(28)40(65)67)27-7-10-62(58-27)18-42(52,53)41(50)51)29(13-19-11-21(46)15-22(47)12-19)56-31(66)17-64-36-32(34(59-64)37(48)49)24-16-25(24)43(36,54)55/h3-7,10-12,14-15,24-25,29,37,40-41,67H,2,8-9,13,16-18H2,1H3,(H,56,66)(H,60,61)/t24-,25+,29-,40?/m0/s1. The number of nitrogens with one attached hydrogen (secondary N) is 2. The van der Waals surface area contributed by atoms with Crippen molar-refractivity contribution < 1.29 is 66.6 Å². The van der Waals surface area contributed by atoms with Crippen molar-refractivity contribution in [1.29, 1.82) is 0 Å². The van der Waals surface area contributed by atoms with E-state index in [0.717, 1.165) is 29.5 Å². The van der Waals surface area contributed by atoms with Gasteiger partial charge in [0.05, 0.1) is 52.0 Å². The maximum Gasteiger partial charge on any atom is 0.326 e. The molecule has 0 saturated heterocycles. The number of hydrogen-bond donors (Lipinski definition) is 3. The summed E-state index contributed by atoms with van der Waals surface area (Å²) in [5.41, 5.74) is -2.49. The van der Waals surface area contributed by atoms with Crippen molar-refractivity contribution >= 4 is 61.5 Å². The van der Waals surface area contributed by atoms with Crippen LogP contribution < -0.4 is 14.9 Å². The normalized spacial score (nSPS) is 18.8. The van der Waals surface area contributed by atoms with Crippen molar-refractivity contribution in [1.82, 2.24) is 34.7 Å². The largest absolute Gasteiger partial charge is 0.369 e. The quantitative estimate of drug-likeness (QED) is 0.0764. The Morgan fingerprint density at radius 3 is 2.40 bits per heavy atom. The van der Waals surface area contributed by atoms with E-state index in [1.165, 1.54) is 41.1 Å². The second kappa shape index (κ2) is 17.8. The van der Waals surface area contributed by atoms with E-state index in [9.17, 15) is 57.8 Å². The number of alkyl halides is 9. The van der Waals surface area contributed by atoms with Crippen LogP contribution >= 0.6 is 11.6 Å². The Kier molecular flexibility index (Phi) is 12.4. The Morgan fingerprint density at radius 2 is 1.73 bits per heavy atom. The minimum atomic E-state index is -4.45. The molecule has 0 spiro atoms. The first-order chi connectivity index (χ1) is 32.9. The number of halogens is 12. The van der Waals surface area contributed by atoms with Gasteiger partial charge in [0, 0.05) is 47.8 Å². The molecule has 4 heterocycles. The van der Waals surface area contributed by atoms with E-state index in [1.807, 2.05) is 0 Å². The molecule has 27 heteroatoms. The minimum Gasteiger partial charge on any atom is -0.369 e. The van der Waals surface area contributed by atoms with Crippen LogP contribution in [0.15, 0.2) is 65.8 Å². The summed E-state index contributed by atoms with van der Waals surface area (Å²) in [6, 6.07) is 8.51. The fraction of sp³-hybridized carbons (Fsp3) is 0.372. The monoisotopic (exact) mass is 1030 g/mol. The van der Waals surface area contributed by atoms with Crippen molar-refractivity contribution in [3.8, 4) is 11.3 Å². The third kappa shape index (κ3) is 9.03. The lowest BCUT2D eigenvalue weighted by molar-refractivity contribution is -0.139. The highest BCUT2D eigenvalue weighted by Crippen LogP contribution is 2.68. The highest BCUT2D eigenvalue weighted by molar-refractivity contribution is 7.92. The molecule has 4 atom stereocenters. The van der Waals surface area contributed by atoms with Gasteiger partial charge in [-0.1, -0.05) is 23.7 Å². The van der Waals surface area contributed by atoms with Gasteiger partial charge in [-0.3, -0.25) is 32.9 Å². The number of aryl methyl sites for hydroxylation is 1. The molecule has 1 unspecified atom stereocenters. The average Bonchev–Trinajstić information content (AvgIpc) is 3.47. The molecule has 2 aliphatic carbocycles. The smallest absolute Gasteiger partial charge is 0.326 e. The van der Waals surface area contributed by atoms with Gasteiger partial charge in [-0.05, 0) is 60.7 Å². The summed E-state index contributed by atoms with van der Waals surface area (Å²) in [6.07, 6.45) is -8.21. The molecule has 3 aromatic heterocycles. The number of hydrogen-bond acceptors (Lipinski definition) is 9. The molecule has 0 bridgehead atoms. The van der Waals surface area contributed by atoms with Crippen LogP contribution in [0.1, 0.15) is 59.5 Å². The van der Waals surface area contributed by atoms with Gasteiger partial charge < -0.3 is 10.4 Å². The van der Waals surface area contributed by atoms with E-state index in [1.54, 1.807) is 0 Å². The van der Waals surface area contributed by atoms with Gasteiger partial charge in [0.2, 0.25) is 15.9 Å². The molecule has 3 aromatic carbocycles. The first kappa shape index (κ1) is 48.7. The van der Waals surface area contributed by atoms with E-state index in [0.29, 0.717) is 15.4 Å². The number of nitrogens with zero attached hydrogens (tertiary/aromatic N) is 8. The number of carbonyl (C=O) groups excluding carboxylic acids is 1. The number of aliphatic imine (C=N–C) groups is 1. The van der Waals surface area contributed by atoms with E-state index >= 15 is 8.78 Å². The van der Waals surface area contributed by atoms with Gasteiger partial charge in [0.1, 0.15) is 41.9 Å². The van der Waals surface area contributed by atoms with Crippen LogP contribution in [-0.2, 0) is 46.8 Å². The zero-order valence-electron chi connectivity index (χ0n) is 35.9. The minimum absolute atomic E-state index is 0.0159. The molecule has 9 rings (SSSR count). The number of carbonyl (C=O) groups is 1. The number of fused-ring (bicyclic) bond motifs is 5. The number of sulfonamides is 1. The molecular formula is C43H36ClF11N10O4S. The summed E-state index contributed by atoms with van der Waals surface area (Å²) >= 11 is 6.67. The van der Waals surface area contributed by atoms with Crippen LogP contribution in [0.2, 0.25) is 5.02 Å². The third-order valence-corrected chi connectivity index (χ3v) is 12.9. The molecule has 1 fully saturated rings. The van der Waals surface area contributed by atoms with Crippen LogP contribution in [0, 0.1) is 17.6 Å². The molecule has 372 valence electrons. The molecule has 1 aliphatic heterocycles. The summed E-state index contributed by atoms with van der Waals surface area (Å²) in [5.74, 6) is -14.3. The second-order valence-electron chi connectivity index (χ2n) is 17.0. The van der Waals surface area contributed by atoms with Gasteiger partial charge in [-0.15, -0.1) is 0 Å². The van der Waals surface area contributed by atoms with Gasteiger partial charge in [0.15, 0.2) is 12.0 Å². The van der Waals surface area contributed by atoms with Crippen molar-refractivity contribution in [2.45, 2.75) is 81.8 Å². The van der Waals surface area contributed by atoms with Gasteiger partial charge >= 0.3 is 12.3 Å². The van der Waals surface area contributed by atoms with Crippen molar-refractivity contribution in [2.75, 3.05) is 22.6 Å². The van der Waals surface area contributed by atoms with Crippen LogP contribution in [0.5, 0.6) is 0 Å². The topological polar surface area (TPSA) is 165 Å². The molecule has 70 heavy (non-hydrogen) atoms. The number of aliphatic hydroxyl groups excluding tert-OH is 1. The molecule has 1 amide bonds. The first-order valence-electron chi connectivity index (χ1n) is 21.1. The Hall–Kier alpha value is -6.28.